The van der Waals surface area contributed by atoms with Crippen molar-refractivity contribution in [2.75, 3.05) is 13.2 Å². The highest BCUT2D eigenvalue weighted by molar-refractivity contribution is 5.80. The summed E-state index contributed by atoms with van der Waals surface area (Å²) in [6, 6.07) is -0.891. The summed E-state index contributed by atoms with van der Waals surface area (Å²) < 4.78 is 11.3. The number of nitrogens with one attached hydrogen (secondary N) is 1. The van der Waals surface area contributed by atoms with Gasteiger partial charge in [0.15, 0.2) is 6.29 Å². The van der Waals surface area contributed by atoms with Crippen LogP contribution < -0.4 is 5.32 Å². The zero-order valence-electron chi connectivity index (χ0n) is 48.7. The molecule has 1 amide bonds. The molecule has 74 heavy (non-hydrogen) atoms. The molecule has 1 aliphatic rings. The van der Waals surface area contributed by atoms with Crippen molar-refractivity contribution < 1.29 is 44.9 Å². The van der Waals surface area contributed by atoms with E-state index in [9.17, 15) is 35.4 Å². The molecule has 1 saturated heterocycles. The molecule has 0 radical (unpaired) electrons. The van der Waals surface area contributed by atoms with E-state index in [1.54, 1.807) is 0 Å². The Morgan fingerprint density at radius 1 is 0.446 bits per heavy atom. The standard InChI is InChI=1S/C64H125NO9/c1-3-5-7-9-11-13-15-17-19-20-21-22-23-24-25-26-27-28-29-30-31-32-33-34-35-36-37-39-41-43-45-47-49-51-53-58(68)63(72)65-56(55-73-64-62(71)61(70)60(69)59(54-66)74-64)57(67)52-50-48-46-44-42-40-38-18-16-14-12-10-8-6-4-2/h26-27,56-62,64,66-71H,3-25,28-55H2,1-2H3,(H,65,72)/b27-26-. The molecule has 0 aromatic carbocycles. The molecule has 8 atom stereocenters. The lowest BCUT2D eigenvalue weighted by molar-refractivity contribution is -0.302. The first-order valence-corrected chi connectivity index (χ1v) is 32.5. The molecule has 10 heteroatoms. The molecule has 0 aromatic heterocycles. The Balaban J connectivity index is 2.10. The number of allylic oxidation sites excluding steroid dienone is 2. The zero-order valence-corrected chi connectivity index (χ0v) is 48.7. The molecule has 1 heterocycles. The quantitative estimate of drug-likeness (QED) is 0.0232. The van der Waals surface area contributed by atoms with Crippen molar-refractivity contribution in [1.29, 1.82) is 0 Å². The first kappa shape index (κ1) is 70.9. The molecule has 10 nitrogen and oxygen atoms in total. The van der Waals surface area contributed by atoms with Crippen molar-refractivity contribution >= 4 is 5.91 Å². The maximum absolute atomic E-state index is 13.2. The number of rotatable bonds is 57. The van der Waals surface area contributed by atoms with Gasteiger partial charge in [-0.1, -0.05) is 302 Å². The molecule has 7 N–H and O–H groups in total. The fourth-order valence-electron chi connectivity index (χ4n) is 10.8. The number of hydrogen-bond donors (Lipinski definition) is 7. The van der Waals surface area contributed by atoms with Gasteiger partial charge in [0.05, 0.1) is 25.4 Å². The zero-order chi connectivity index (χ0) is 53.8. The third kappa shape index (κ3) is 41.9. The molecule has 1 aliphatic heterocycles. The van der Waals surface area contributed by atoms with E-state index in [1.165, 1.54) is 257 Å². The second-order valence-corrected chi connectivity index (χ2v) is 23.1. The van der Waals surface area contributed by atoms with E-state index in [-0.39, 0.29) is 6.61 Å². The number of unbranched alkanes of at least 4 members (excludes halogenated alkanes) is 44. The Labute approximate surface area is 457 Å². The van der Waals surface area contributed by atoms with Crippen LogP contribution in [0.5, 0.6) is 0 Å². The summed E-state index contributed by atoms with van der Waals surface area (Å²) in [6.45, 7) is 3.72. The number of amides is 1. The minimum absolute atomic E-state index is 0.251. The highest BCUT2D eigenvalue weighted by Crippen LogP contribution is 2.24. The summed E-state index contributed by atoms with van der Waals surface area (Å²) in [5.74, 6) is -0.577. The predicted molar refractivity (Wildman–Crippen MR) is 310 cm³/mol. The minimum atomic E-state index is -1.60. The van der Waals surface area contributed by atoms with Gasteiger partial charge in [-0.3, -0.25) is 4.79 Å². The SMILES string of the molecule is CCCCCCCCCCCCCCCC/C=C\CCCCCCCCCCCCCCCCCCC(O)C(=O)NC(COC1OC(CO)C(O)C(O)C1O)C(O)CCCCCCCCCCCCCCCCC. The fourth-order valence-corrected chi connectivity index (χ4v) is 10.8. The van der Waals surface area contributed by atoms with E-state index in [0.29, 0.717) is 12.8 Å². The smallest absolute Gasteiger partial charge is 0.249 e. The second kappa shape index (κ2) is 53.9. The fraction of sp³-hybridized carbons (Fsp3) is 0.953. The van der Waals surface area contributed by atoms with Gasteiger partial charge in [-0.15, -0.1) is 0 Å². The van der Waals surface area contributed by atoms with Gasteiger partial charge in [0.1, 0.15) is 30.5 Å². The van der Waals surface area contributed by atoms with E-state index in [1.807, 2.05) is 0 Å². The lowest BCUT2D eigenvalue weighted by Gasteiger charge is -2.40. The summed E-state index contributed by atoms with van der Waals surface area (Å²) >= 11 is 0. The highest BCUT2D eigenvalue weighted by atomic mass is 16.7. The van der Waals surface area contributed by atoms with Gasteiger partial charge in [-0.25, -0.2) is 0 Å². The van der Waals surface area contributed by atoms with Gasteiger partial charge in [-0.05, 0) is 38.5 Å². The van der Waals surface area contributed by atoms with Gasteiger partial charge in [0.25, 0.3) is 0 Å². The Bertz CT molecular complexity index is 1190. The van der Waals surface area contributed by atoms with Crippen LogP contribution in [-0.2, 0) is 14.3 Å². The molecule has 0 bridgehead atoms. The summed E-state index contributed by atoms with van der Waals surface area (Å²) in [4.78, 5) is 13.2. The van der Waals surface area contributed by atoms with Crippen LogP contribution in [0.2, 0.25) is 0 Å². The Morgan fingerprint density at radius 2 is 0.757 bits per heavy atom. The van der Waals surface area contributed by atoms with Crippen LogP contribution in [0.3, 0.4) is 0 Å². The molecule has 8 unspecified atom stereocenters. The summed E-state index contributed by atoms with van der Waals surface area (Å²) in [5, 5.41) is 65.3. The van der Waals surface area contributed by atoms with Crippen molar-refractivity contribution in [3.8, 4) is 0 Å². The number of aliphatic hydroxyl groups excluding tert-OH is 6. The molecular formula is C64H125NO9. The molecule has 0 spiro atoms. The minimum Gasteiger partial charge on any atom is -0.394 e. The average Bonchev–Trinajstić information content (AvgIpc) is 3.40. The van der Waals surface area contributed by atoms with Crippen LogP contribution in [0, 0.1) is 0 Å². The average molecular weight is 1050 g/mol. The van der Waals surface area contributed by atoms with Crippen LogP contribution in [0.25, 0.3) is 0 Å². The van der Waals surface area contributed by atoms with Gasteiger partial charge < -0.3 is 45.4 Å². The summed E-state index contributed by atoms with van der Waals surface area (Å²) in [6.07, 6.45) is 57.4. The first-order valence-electron chi connectivity index (χ1n) is 32.5. The van der Waals surface area contributed by atoms with E-state index in [0.717, 1.165) is 44.9 Å². The van der Waals surface area contributed by atoms with E-state index >= 15 is 0 Å². The van der Waals surface area contributed by atoms with Gasteiger partial charge in [0.2, 0.25) is 5.91 Å². The van der Waals surface area contributed by atoms with Crippen molar-refractivity contribution in [1.82, 2.24) is 5.32 Å². The molecule has 0 saturated carbocycles. The first-order chi connectivity index (χ1) is 36.3. The normalized spacial score (nSPS) is 19.4. The van der Waals surface area contributed by atoms with Crippen molar-refractivity contribution in [2.24, 2.45) is 0 Å². The summed E-state index contributed by atoms with van der Waals surface area (Å²) in [5.41, 5.74) is 0. The van der Waals surface area contributed by atoms with E-state index in [2.05, 4.69) is 31.3 Å². The van der Waals surface area contributed by atoms with Crippen LogP contribution in [0.4, 0.5) is 0 Å². The largest absolute Gasteiger partial charge is 0.394 e. The molecule has 1 rings (SSSR count). The maximum Gasteiger partial charge on any atom is 0.249 e. The van der Waals surface area contributed by atoms with Crippen LogP contribution in [-0.4, -0.2) is 98.7 Å². The Kier molecular flexibility index (Phi) is 51.6. The number of ether oxygens (including phenoxy) is 2. The number of carbonyl (C=O) groups excluding carboxylic acids is 1. The monoisotopic (exact) mass is 1050 g/mol. The van der Waals surface area contributed by atoms with Crippen molar-refractivity contribution in [2.45, 2.75) is 377 Å². The highest BCUT2D eigenvalue weighted by Gasteiger charge is 2.44. The molecule has 0 aliphatic carbocycles. The van der Waals surface area contributed by atoms with Crippen molar-refractivity contribution in [3.63, 3.8) is 0 Å². The number of carbonyl (C=O) groups is 1. The van der Waals surface area contributed by atoms with Gasteiger partial charge in [-0.2, -0.15) is 0 Å². The topological polar surface area (TPSA) is 169 Å². The van der Waals surface area contributed by atoms with Gasteiger partial charge in [0, 0.05) is 0 Å². The van der Waals surface area contributed by atoms with Crippen LogP contribution in [0.1, 0.15) is 328 Å². The number of hydrogen-bond acceptors (Lipinski definition) is 9. The Hall–Kier alpha value is -1.11. The molecule has 440 valence electrons. The van der Waals surface area contributed by atoms with E-state index < -0.39 is 61.5 Å². The van der Waals surface area contributed by atoms with Crippen molar-refractivity contribution in [3.05, 3.63) is 12.2 Å². The lowest BCUT2D eigenvalue weighted by atomic mass is 9.99. The van der Waals surface area contributed by atoms with E-state index in [4.69, 9.17) is 9.47 Å². The molecule has 0 aromatic rings. The summed E-state index contributed by atoms with van der Waals surface area (Å²) in [7, 11) is 0. The third-order valence-electron chi connectivity index (χ3n) is 16.0. The van der Waals surface area contributed by atoms with Crippen LogP contribution in [0.15, 0.2) is 12.2 Å². The lowest BCUT2D eigenvalue weighted by Crippen LogP contribution is -2.60. The molecule has 1 fully saturated rings. The maximum atomic E-state index is 13.2. The second-order valence-electron chi connectivity index (χ2n) is 23.1. The third-order valence-corrected chi connectivity index (χ3v) is 16.0. The van der Waals surface area contributed by atoms with Crippen LogP contribution >= 0.6 is 0 Å². The Morgan fingerprint density at radius 3 is 1.09 bits per heavy atom. The van der Waals surface area contributed by atoms with Gasteiger partial charge >= 0.3 is 0 Å². The number of aliphatic hydroxyl groups is 6. The predicted octanol–water partition coefficient (Wildman–Crippen LogP) is 15.7. The molecular weight excluding hydrogens is 927 g/mol.